The molecule has 4 heterocycles. The smallest absolute Gasteiger partial charge is 0.307 e. The highest BCUT2D eigenvalue weighted by Crippen LogP contribution is 2.42. The number of aliphatic hydroxyl groups is 1. The third-order valence-corrected chi connectivity index (χ3v) is 6.65. The number of carbonyl (C=O) groups excluding carboxylic acids is 1. The van der Waals surface area contributed by atoms with Crippen molar-refractivity contribution < 1.29 is 29.3 Å². The van der Waals surface area contributed by atoms with Crippen LogP contribution in [0.3, 0.4) is 0 Å². The number of pyridine rings is 1. The van der Waals surface area contributed by atoms with E-state index < -0.39 is 24.1 Å². The summed E-state index contributed by atoms with van der Waals surface area (Å²) in [5, 5.41) is 20.3. The highest BCUT2D eigenvalue weighted by atomic mass is 16.5. The van der Waals surface area contributed by atoms with Gasteiger partial charge in [0.1, 0.15) is 11.9 Å². The second-order valence-corrected chi connectivity index (χ2v) is 8.99. The topological polar surface area (TPSA) is 109 Å². The molecule has 3 fully saturated rings. The second kappa shape index (κ2) is 11.4. The van der Waals surface area contributed by atoms with Crippen LogP contribution in [-0.4, -0.2) is 64.4 Å². The lowest BCUT2D eigenvalue weighted by atomic mass is 9.73. The van der Waals surface area contributed by atoms with Crippen molar-refractivity contribution in [3.8, 4) is 5.75 Å². The van der Waals surface area contributed by atoms with Crippen molar-refractivity contribution in [3.05, 3.63) is 48.7 Å². The van der Waals surface area contributed by atoms with Gasteiger partial charge in [0.25, 0.3) is 0 Å². The Labute approximate surface area is 200 Å². The predicted molar refractivity (Wildman–Crippen MR) is 129 cm³/mol. The Balaban J connectivity index is 0.000000277. The number of rotatable bonds is 7. The third-order valence-electron chi connectivity index (χ3n) is 6.65. The largest absolute Gasteiger partial charge is 0.497 e. The van der Waals surface area contributed by atoms with Crippen LogP contribution in [-0.2, 0) is 14.3 Å². The minimum atomic E-state index is -0.964. The molecule has 184 valence electrons. The van der Waals surface area contributed by atoms with E-state index in [2.05, 4.69) is 27.3 Å². The SMILES string of the molecule is C=CC1CN2CCC1CC2[C@H](O)c1ccnc2ccc(OC)cc12.CC(=O)O[C@@H](C)CC(=O)O. The summed E-state index contributed by atoms with van der Waals surface area (Å²) in [5.74, 6) is 0.593. The Kier molecular flexibility index (Phi) is 8.63. The summed E-state index contributed by atoms with van der Waals surface area (Å²) in [6, 6.07) is 7.96. The summed E-state index contributed by atoms with van der Waals surface area (Å²) in [6.07, 6.45) is 4.95. The quantitative estimate of drug-likeness (QED) is 0.467. The van der Waals surface area contributed by atoms with Gasteiger partial charge in [-0.05, 0) is 68.0 Å². The Morgan fingerprint density at radius 1 is 1.35 bits per heavy atom. The van der Waals surface area contributed by atoms with Gasteiger partial charge in [0.2, 0.25) is 0 Å². The van der Waals surface area contributed by atoms with Gasteiger partial charge in [-0.3, -0.25) is 19.5 Å². The maximum atomic E-state index is 11.2. The van der Waals surface area contributed by atoms with Gasteiger partial charge in [0, 0.05) is 31.1 Å². The summed E-state index contributed by atoms with van der Waals surface area (Å²) < 4.78 is 9.89. The van der Waals surface area contributed by atoms with Crippen molar-refractivity contribution in [2.45, 2.75) is 51.4 Å². The van der Waals surface area contributed by atoms with Crippen molar-refractivity contribution in [1.29, 1.82) is 0 Å². The molecule has 0 saturated carbocycles. The zero-order valence-electron chi connectivity index (χ0n) is 20.0. The molecule has 2 N–H and O–H groups in total. The number of carboxylic acid groups (broad SMARTS) is 1. The molecule has 1 aromatic heterocycles. The molecule has 8 nitrogen and oxygen atoms in total. The van der Waals surface area contributed by atoms with E-state index in [1.807, 2.05) is 24.3 Å². The first-order valence-electron chi connectivity index (χ1n) is 11.6. The van der Waals surface area contributed by atoms with Gasteiger partial charge in [-0.15, -0.1) is 6.58 Å². The number of fused-ring (bicyclic) bond motifs is 4. The van der Waals surface area contributed by atoms with Crippen molar-refractivity contribution in [2.75, 3.05) is 20.2 Å². The number of piperidine rings is 3. The maximum absolute atomic E-state index is 11.2. The Bertz CT molecular complexity index is 1010. The number of aliphatic carboxylic acids is 1. The molecule has 0 radical (unpaired) electrons. The van der Waals surface area contributed by atoms with E-state index in [1.165, 1.54) is 20.3 Å². The molecule has 4 unspecified atom stereocenters. The first-order valence-corrected chi connectivity index (χ1v) is 11.6. The molecule has 1 aromatic carbocycles. The number of carbonyl (C=O) groups is 2. The van der Waals surface area contributed by atoms with E-state index in [9.17, 15) is 14.7 Å². The van der Waals surface area contributed by atoms with Crippen LogP contribution in [0, 0.1) is 11.8 Å². The molecule has 0 amide bonds. The average molecular weight is 471 g/mol. The van der Waals surface area contributed by atoms with Gasteiger partial charge in [-0.2, -0.15) is 0 Å². The molecule has 0 spiro atoms. The number of esters is 1. The van der Waals surface area contributed by atoms with Crippen LogP contribution >= 0.6 is 0 Å². The number of hydrogen-bond donors (Lipinski definition) is 2. The predicted octanol–water partition coefficient (Wildman–Crippen LogP) is 3.59. The van der Waals surface area contributed by atoms with Crippen molar-refractivity contribution in [1.82, 2.24) is 9.88 Å². The van der Waals surface area contributed by atoms with Crippen LogP contribution in [0.2, 0.25) is 0 Å². The minimum Gasteiger partial charge on any atom is -0.497 e. The summed E-state index contributed by atoms with van der Waals surface area (Å²) in [4.78, 5) is 27.1. The Hall–Kier alpha value is -2.97. The fourth-order valence-corrected chi connectivity index (χ4v) is 5.02. The van der Waals surface area contributed by atoms with E-state index in [0.717, 1.165) is 41.7 Å². The number of ether oxygens (including phenoxy) is 2. The number of aliphatic hydroxyl groups excluding tert-OH is 1. The van der Waals surface area contributed by atoms with Gasteiger partial charge in [-0.25, -0.2) is 0 Å². The van der Waals surface area contributed by atoms with E-state index in [-0.39, 0.29) is 12.5 Å². The molecule has 34 heavy (non-hydrogen) atoms. The highest BCUT2D eigenvalue weighted by molar-refractivity contribution is 5.84. The molecule has 2 aromatic rings. The van der Waals surface area contributed by atoms with E-state index in [0.29, 0.717) is 11.8 Å². The number of hydrogen-bond acceptors (Lipinski definition) is 7. The van der Waals surface area contributed by atoms with Crippen LogP contribution < -0.4 is 4.74 Å². The molecule has 3 saturated heterocycles. The molecule has 8 heteroatoms. The van der Waals surface area contributed by atoms with Crippen LogP contribution in [0.25, 0.3) is 10.9 Å². The Morgan fingerprint density at radius 2 is 2.12 bits per heavy atom. The number of carboxylic acids is 1. The molecular formula is C26H34N2O6. The third kappa shape index (κ3) is 6.12. The van der Waals surface area contributed by atoms with E-state index in [1.54, 1.807) is 13.3 Å². The molecule has 2 bridgehead atoms. The average Bonchev–Trinajstić information content (AvgIpc) is 2.82. The fourth-order valence-electron chi connectivity index (χ4n) is 5.02. The van der Waals surface area contributed by atoms with Crippen molar-refractivity contribution in [3.63, 3.8) is 0 Å². The molecule has 3 aliphatic heterocycles. The lowest BCUT2D eigenvalue weighted by Crippen LogP contribution is -2.54. The van der Waals surface area contributed by atoms with E-state index in [4.69, 9.17) is 9.84 Å². The van der Waals surface area contributed by atoms with Crippen LogP contribution in [0.15, 0.2) is 43.1 Å². The molecule has 5 rings (SSSR count). The maximum Gasteiger partial charge on any atom is 0.307 e. The van der Waals surface area contributed by atoms with Crippen LogP contribution in [0.4, 0.5) is 0 Å². The number of methoxy groups -OCH3 is 1. The molecule has 6 atom stereocenters. The minimum absolute atomic E-state index is 0.139. The lowest BCUT2D eigenvalue weighted by Gasteiger charge is -2.50. The monoisotopic (exact) mass is 470 g/mol. The van der Waals surface area contributed by atoms with Gasteiger partial charge in [-0.1, -0.05) is 6.08 Å². The van der Waals surface area contributed by atoms with Crippen LogP contribution in [0.5, 0.6) is 5.75 Å². The van der Waals surface area contributed by atoms with Crippen molar-refractivity contribution >= 4 is 22.8 Å². The van der Waals surface area contributed by atoms with Gasteiger partial charge >= 0.3 is 11.9 Å². The highest BCUT2D eigenvalue weighted by Gasteiger charge is 2.42. The lowest BCUT2D eigenvalue weighted by molar-refractivity contribution is -0.149. The first-order chi connectivity index (χ1) is 16.2. The summed E-state index contributed by atoms with van der Waals surface area (Å²) in [6.45, 7) is 8.85. The van der Waals surface area contributed by atoms with Gasteiger partial charge in [0.05, 0.1) is 25.2 Å². The summed E-state index contributed by atoms with van der Waals surface area (Å²) in [5.41, 5.74) is 1.85. The van der Waals surface area contributed by atoms with E-state index >= 15 is 0 Å². The van der Waals surface area contributed by atoms with Crippen LogP contribution in [0.1, 0.15) is 44.8 Å². The number of benzene rings is 1. The Morgan fingerprint density at radius 3 is 2.71 bits per heavy atom. The number of nitrogens with zero attached hydrogens (tertiary/aromatic N) is 2. The molecule has 3 aliphatic rings. The summed E-state index contributed by atoms with van der Waals surface area (Å²) in [7, 11) is 1.66. The van der Waals surface area contributed by atoms with Gasteiger partial charge < -0.3 is 19.7 Å². The van der Waals surface area contributed by atoms with Crippen molar-refractivity contribution in [2.24, 2.45) is 11.8 Å². The zero-order valence-corrected chi connectivity index (χ0v) is 20.0. The zero-order chi connectivity index (χ0) is 24.8. The molecule has 0 aliphatic carbocycles. The van der Waals surface area contributed by atoms with Gasteiger partial charge in [0.15, 0.2) is 0 Å². The number of aromatic nitrogens is 1. The molecular weight excluding hydrogens is 436 g/mol. The standard InChI is InChI=1S/C20H24N2O2.C6H10O4/c1-3-13-12-22-9-7-14(13)10-19(22)20(23)16-6-8-21-18-5-4-15(24-2)11-17(16)18;1-4(3-6(8)9)10-5(2)7/h3-6,8,11,13-14,19-20,23H,1,7,9-10,12H2,2H3;4H,3H2,1-2H3,(H,8,9)/t13?,14?,19?,20-;4-/m10/s1. The normalized spacial score (nSPS) is 24.9. The summed E-state index contributed by atoms with van der Waals surface area (Å²) >= 11 is 0. The first kappa shape index (κ1) is 25.6. The second-order valence-electron chi connectivity index (χ2n) is 8.99. The fraction of sp³-hybridized carbons (Fsp3) is 0.500.